The van der Waals surface area contributed by atoms with E-state index in [-0.39, 0.29) is 37.6 Å². The maximum absolute atomic E-state index is 13.0. The second kappa shape index (κ2) is 19.9. The van der Waals surface area contributed by atoms with Crippen LogP contribution in [0.5, 0.6) is 0 Å². The van der Waals surface area contributed by atoms with Crippen LogP contribution in [0.15, 0.2) is 0 Å². The predicted molar refractivity (Wildman–Crippen MR) is 132 cm³/mol. The molecule has 0 aliphatic rings. The molecule has 0 aromatic rings. The minimum atomic E-state index is -1.39. The van der Waals surface area contributed by atoms with Crippen LogP contribution in [0.2, 0.25) is 0 Å². The van der Waals surface area contributed by atoms with E-state index < -0.39 is 47.5 Å². The van der Waals surface area contributed by atoms with Crippen molar-refractivity contribution in [2.45, 2.75) is 64.2 Å². The van der Waals surface area contributed by atoms with Gasteiger partial charge in [0.2, 0.25) is 0 Å². The van der Waals surface area contributed by atoms with Gasteiger partial charge in [-0.15, -0.1) is 0 Å². The molecule has 4 unspecified atom stereocenters. The van der Waals surface area contributed by atoms with Gasteiger partial charge in [0.1, 0.15) is 0 Å². The summed E-state index contributed by atoms with van der Waals surface area (Å²) in [4.78, 5) is 74.5. The minimum Gasteiger partial charge on any atom is -0.469 e. The lowest BCUT2D eigenvalue weighted by Crippen LogP contribution is -2.46. The standard InChI is InChI=1S/C26H42O12/c1-33-19(27)15-11-7-9-13-17(23(29)35-3)21(25(31)37-5)22(26(32)38-6)18(24(30)36-4)14-10-8-12-16-20(28)34-2/h17-18,21-22H,7-16H2,1-6H3. The van der Waals surface area contributed by atoms with E-state index in [0.717, 1.165) is 28.4 Å². The number of carbonyl (C=O) groups excluding carboxylic acids is 6. The van der Waals surface area contributed by atoms with Crippen LogP contribution in [0.4, 0.5) is 0 Å². The van der Waals surface area contributed by atoms with E-state index in [4.69, 9.17) is 18.9 Å². The van der Waals surface area contributed by atoms with Gasteiger partial charge in [-0.3, -0.25) is 28.8 Å². The highest BCUT2D eigenvalue weighted by Gasteiger charge is 2.50. The summed E-state index contributed by atoms with van der Waals surface area (Å²) in [6.07, 6.45) is 3.60. The van der Waals surface area contributed by atoms with Gasteiger partial charge in [0.25, 0.3) is 0 Å². The first-order chi connectivity index (χ1) is 18.1. The molecule has 0 aromatic heterocycles. The first-order valence-corrected chi connectivity index (χ1v) is 12.6. The molecule has 0 aliphatic heterocycles. The van der Waals surface area contributed by atoms with Gasteiger partial charge in [-0.05, 0) is 25.7 Å². The van der Waals surface area contributed by atoms with Crippen molar-refractivity contribution in [3.63, 3.8) is 0 Å². The Morgan fingerprint density at radius 3 is 1.00 bits per heavy atom. The maximum atomic E-state index is 13.0. The van der Waals surface area contributed by atoms with Crippen molar-refractivity contribution >= 4 is 35.8 Å². The number of carbonyl (C=O) groups is 6. The zero-order valence-corrected chi connectivity index (χ0v) is 23.3. The van der Waals surface area contributed by atoms with E-state index >= 15 is 0 Å². The SMILES string of the molecule is COC(=O)CCCCCC(C(=O)OC)C(C(=O)OC)C(C(=O)OC)C(CCCCCC(=O)OC)C(=O)OC. The summed E-state index contributed by atoms with van der Waals surface area (Å²) < 4.78 is 29.1. The first kappa shape index (κ1) is 34.8. The lowest BCUT2D eigenvalue weighted by molar-refractivity contribution is -0.173. The molecule has 218 valence electrons. The summed E-state index contributed by atoms with van der Waals surface area (Å²) in [5.74, 6) is -8.98. The highest BCUT2D eigenvalue weighted by atomic mass is 16.5. The molecule has 0 radical (unpaired) electrons. The molecule has 0 rings (SSSR count). The van der Waals surface area contributed by atoms with Crippen LogP contribution in [-0.4, -0.2) is 78.5 Å². The third-order valence-corrected chi connectivity index (χ3v) is 6.46. The van der Waals surface area contributed by atoms with Crippen molar-refractivity contribution in [1.29, 1.82) is 0 Å². The molecular weight excluding hydrogens is 504 g/mol. The van der Waals surface area contributed by atoms with Crippen molar-refractivity contribution in [2.75, 3.05) is 42.7 Å². The van der Waals surface area contributed by atoms with Crippen molar-refractivity contribution in [3.8, 4) is 0 Å². The van der Waals surface area contributed by atoms with Crippen LogP contribution >= 0.6 is 0 Å². The smallest absolute Gasteiger partial charge is 0.310 e. The van der Waals surface area contributed by atoms with Crippen LogP contribution in [0.25, 0.3) is 0 Å². The Bertz CT molecular complexity index is 714. The fourth-order valence-electron chi connectivity index (χ4n) is 4.41. The Labute approximate surface area is 224 Å². The Morgan fingerprint density at radius 1 is 0.421 bits per heavy atom. The highest BCUT2D eigenvalue weighted by molar-refractivity contribution is 5.90. The molecule has 0 heterocycles. The quantitative estimate of drug-likeness (QED) is 0.132. The van der Waals surface area contributed by atoms with E-state index in [1.165, 1.54) is 14.2 Å². The Hall–Kier alpha value is -3.18. The molecular formula is C26H42O12. The maximum Gasteiger partial charge on any atom is 0.310 e. The Kier molecular flexibility index (Phi) is 18.2. The Morgan fingerprint density at radius 2 is 0.737 bits per heavy atom. The number of rotatable bonds is 19. The zero-order chi connectivity index (χ0) is 29.1. The monoisotopic (exact) mass is 546 g/mol. The molecule has 0 saturated carbocycles. The molecule has 0 aromatic carbocycles. The molecule has 0 spiro atoms. The number of methoxy groups -OCH3 is 6. The van der Waals surface area contributed by atoms with E-state index in [1.807, 2.05) is 0 Å². The molecule has 4 atom stereocenters. The minimum absolute atomic E-state index is 0.133. The van der Waals surface area contributed by atoms with Crippen LogP contribution in [0, 0.1) is 23.7 Å². The van der Waals surface area contributed by atoms with Gasteiger partial charge in [0, 0.05) is 12.8 Å². The molecule has 0 bridgehead atoms. The molecule has 38 heavy (non-hydrogen) atoms. The number of esters is 6. The van der Waals surface area contributed by atoms with Gasteiger partial charge in [0.15, 0.2) is 0 Å². The van der Waals surface area contributed by atoms with Crippen molar-refractivity contribution in [1.82, 2.24) is 0 Å². The molecule has 0 amide bonds. The van der Waals surface area contributed by atoms with Crippen molar-refractivity contribution < 1.29 is 57.2 Å². The normalized spacial score (nSPS) is 13.7. The van der Waals surface area contributed by atoms with Gasteiger partial charge in [0.05, 0.1) is 66.3 Å². The Balaban J connectivity index is 6.04. The topological polar surface area (TPSA) is 158 Å². The van der Waals surface area contributed by atoms with Crippen LogP contribution in [0.1, 0.15) is 64.2 Å². The summed E-state index contributed by atoms with van der Waals surface area (Å²) in [6, 6.07) is 0. The highest BCUT2D eigenvalue weighted by Crippen LogP contribution is 2.37. The fraction of sp³-hybridized carbons (Fsp3) is 0.769. The van der Waals surface area contributed by atoms with Crippen molar-refractivity contribution in [2.24, 2.45) is 23.7 Å². The average molecular weight is 547 g/mol. The molecule has 12 nitrogen and oxygen atoms in total. The van der Waals surface area contributed by atoms with Gasteiger partial charge in [-0.25, -0.2) is 0 Å². The van der Waals surface area contributed by atoms with Crippen LogP contribution in [0.3, 0.4) is 0 Å². The first-order valence-electron chi connectivity index (χ1n) is 12.6. The lowest BCUT2D eigenvalue weighted by atomic mass is 9.71. The summed E-state index contributed by atoms with van der Waals surface area (Å²) >= 11 is 0. The fourth-order valence-corrected chi connectivity index (χ4v) is 4.41. The zero-order valence-electron chi connectivity index (χ0n) is 23.3. The summed E-state index contributed by atoms with van der Waals surface area (Å²) in [5, 5.41) is 0. The van der Waals surface area contributed by atoms with Gasteiger partial charge >= 0.3 is 35.8 Å². The average Bonchev–Trinajstić information content (AvgIpc) is 2.94. The summed E-state index contributed by atoms with van der Waals surface area (Å²) in [5.41, 5.74) is 0. The van der Waals surface area contributed by atoms with E-state index in [2.05, 4.69) is 9.47 Å². The molecule has 0 N–H and O–H groups in total. The van der Waals surface area contributed by atoms with Gasteiger partial charge in [-0.1, -0.05) is 25.7 Å². The number of hydrogen-bond donors (Lipinski definition) is 0. The van der Waals surface area contributed by atoms with Crippen LogP contribution < -0.4 is 0 Å². The van der Waals surface area contributed by atoms with Crippen molar-refractivity contribution in [3.05, 3.63) is 0 Å². The van der Waals surface area contributed by atoms with Gasteiger partial charge < -0.3 is 28.4 Å². The van der Waals surface area contributed by atoms with E-state index in [0.29, 0.717) is 38.5 Å². The largest absolute Gasteiger partial charge is 0.469 e. The van der Waals surface area contributed by atoms with E-state index in [1.54, 1.807) is 0 Å². The second-order valence-electron chi connectivity index (χ2n) is 8.71. The number of unbranched alkanes of at least 4 members (excludes halogenated alkanes) is 4. The molecule has 0 saturated heterocycles. The molecule has 12 heteroatoms. The number of ether oxygens (including phenoxy) is 6. The van der Waals surface area contributed by atoms with Crippen LogP contribution in [-0.2, 0) is 57.2 Å². The third-order valence-electron chi connectivity index (χ3n) is 6.46. The predicted octanol–water partition coefficient (Wildman–Crippen LogP) is 2.39. The molecule has 0 fully saturated rings. The lowest BCUT2D eigenvalue weighted by Gasteiger charge is -2.32. The second-order valence-corrected chi connectivity index (χ2v) is 8.71. The van der Waals surface area contributed by atoms with E-state index in [9.17, 15) is 28.8 Å². The summed E-state index contributed by atoms with van der Waals surface area (Å²) in [6.45, 7) is 0. The number of hydrogen-bond acceptors (Lipinski definition) is 12. The van der Waals surface area contributed by atoms with Gasteiger partial charge in [-0.2, -0.15) is 0 Å². The molecule has 0 aliphatic carbocycles. The summed E-state index contributed by atoms with van der Waals surface area (Å²) in [7, 11) is 7.14. The third kappa shape index (κ3) is 11.9.